The molecule has 0 aliphatic carbocycles. The Labute approximate surface area is 64.2 Å². The summed E-state index contributed by atoms with van der Waals surface area (Å²) < 4.78 is 4.79. The molecule has 0 spiro atoms. The number of furan rings is 1. The first-order valence-electron chi connectivity index (χ1n) is 3.26. The highest BCUT2D eigenvalue weighted by Crippen LogP contribution is 2.12. The summed E-state index contributed by atoms with van der Waals surface area (Å²) in [7, 11) is 0. The molecule has 0 aromatic carbocycles. The van der Waals surface area contributed by atoms with Gasteiger partial charge in [0.25, 0.3) is 0 Å². The fourth-order valence-corrected chi connectivity index (χ4v) is 0.821. The SMILES string of the molecule is NC(=O)C[C@H](N)c1ccoc1. The number of nitrogens with two attached hydrogens (primary N) is 2. The van der Waals surface area contributed by atoms with Crippen molar-refractivity contribution in [3.8, 4) is 0 Å². The minimum absolute atomic E-state index is 0.152. The molecule has 1 heterocycles. The second kappa shape index (κ2) is 3.21. The lowest BCUT2D eigenvalue weighted by Crippen LogP contribution is -2.20. The quantitative estimate of drug-likeness (QED) is 0.650. The van der Waals surface area contributed by atoms with Gasteiger partial charge in [0.05, 0.1) is 12.5 Å². The average Bonchev–Trinajstić information content (AvgIpc) is 2.35. The Bertz CT molecular complexity index is 231. The summed E-state index contributed by atoms with van der Waals surface area (Å²) in [5.41, 5.74) is 11.3. The molecule has 1 amide bonds. The van der Waals surface area contributed by atoms with Crippen molar-refractivity contribution in [3.63, 3.8) is 0 Å². The Morgan fingerprint density at radius 2 is 2.45 bits per heavy atom. The van der Waals surface area contributed by atoms with E-state index in [4.69, 9.17) is 15.9 Å². The van der Waals surface area contributed by atoms with Crippen LogP contribution in [0, 0.1) is 0 Å². The van der Waals surface area contributed by atoms with Crippen molar-refractivity contribution >= 4 is 5.91 Å². The second-order valence-corrected chi connectivity index (χ2v) is 2.33. The lowest BCUT2D eigenvalue weighted by Gasteiger charge is -2.04. The smallest absolute Gasteiger partial charge is 0.219 e. The van der Waals surface area contributed by atoms with E-state index in [0.717, 1.165) is 5.56 Å². The van der Waals surface area contributed by atoms with E-state index in [-0.39, 0.29) is 12.5 Å². The number of carbonyl (C=O) groups excluding carboxylic acids is 1. The van der Waals surface area contributed by atoms with E-state index in [1.165, 1.54) is 12.5 Å². The molecule has 1 aromatic rings. The van der Waals surface area contributed by atoms with Crippen molar-refractivity contribution in [1.82, 2.24) is 0 Å². The van der Waals surface area contributed by atoms with Gasteiger partial charge in [0.15, 0.2) is 0 Å². The summed E-state index contributed by atoms with van der Waals surface area (Å²) >= 11 is 0. The molecule has 0 radical (unpaired) electrons. The number of rotatable bonds is 3. The standard InChI is InChI=1S/C7H10N2O2/c8-6(3-7(9)10)5-1-2-11-4-5/h1-2,4,6H,3,8H2,(H2,9,10)/t6-/m0/s1. The van der Waals surface area contributed by atoms with Crippen LogP contribution in [0.25, 0.3) is 0 Å². The van der Waals surface area contributed by atoms with Gasteiger partial charge in [0.1, 0.15) is 0 Å². The molecule has 11 heavy (non-hydrogen) atoms. The van der Waals surface area contributed by atoms with Gasteiger partial charge in [-0.2, -0.15) is 0 Å². The van der Waals surface area contributed by atoms with Crippen LogP contribution in [0.5, 0.6) is 0 Å². The minimum atomic E-state index is -0.404. The van der Waals surface area contributed by atoms with Gasteiger partial charge in [-0.15, -0.1) is 0 Å². The maximum Gasteiger partial charge on any atom is 0.219 e. The van der Waals surface area contributed by atoms with E-state index >= 15 is 0 Å². The predicted octanol–water partition coefficient (Wildman–Crippen LogP) is 0.155. The molecule has 4 N–H and O–H groups in total. The number of hydrogen-bond donors (Lipinski definition) is 2. The van der Waals surface area contributed by atoms with Gasteiger partial charge >= 0.3 is 0 Å². The molecule has 0 saturated carbocycles. The molecule has 4 nitrogen and oxygen atoms in total. The third kappa shape index (κ3) is 2.09. The zero-order valence-corrected chi connectivity index (χ0v) is 5.99. The van der Waals surface area contributed by atoms with Crippen molar-refractivity contribution < 1.29 is 9.21 Å². The zero-order valence-electron chi connectivity index (χ0n) is 5.99. The molecule has 0 fully saturated rings. The summed E-state index contributed by atoms with van der Waals surface area (Å²) in [4.78, 5) is 10.4. The van der Waals surface area contributed by atoms with Crippen LogP contribution < -0.4 is 11.5 Å². The highest BCUT2D eigenvalue weighted by atomic mass is 16.3. The summed E-state index contributed by atoms with van der Waals surface area (Å²) in [5, 5.41) is 0. The highest BCUT2D eigenvalue weighted by molar-refractivity contribution is 5.74. The van der Waals surface area contributed by atoms with Gasteiger partial charge in [0.2, 0.25) is 5.91 Å². The summed E-state index contributed by atoms with van der Waals surface area (Å²) in [6, 6.07) is 1.37. The van der Waals surface area contributed by atoms with E-state index in [9.17, 15) is 4.79 Å². The fraction of sp³-hybridized carbons (Fsp3) is 0.286. The maximum atomic E-state index is 10.4. The van der Waals surface area contributed by atoms with Crippen molar-refractivity contribution in [2.24, 2.45) is 11.5 Å². The summed E-state index contributed by atoms with van der Waals surface area (Å²) in [6.45, 7) is 0. The van der Waals surface area contributed by atoms with Crippen LogP contribution in [0.2, 0.25) is 0 Å². The Morgan fingerprint density at radius 3 is 2.91 bits per heavy atom. The van der Waals surface area contributed by atoms with Gasteiger partial charge in [-0.1, -0.05) is 0 Å². The van der Waals surface area contributed by atoms with Crippen LogP contribution in [0.15, 0.2) is 23.0 Å². The Kier molecular flexibility index (Phi) is 2.28. The normalized spacial score (nSPS) is 12.8. The first kappa shape index (κ1) is 7.81. The molecule has 60 valence electrons. The van der Waals surface area contributed by atoms with Crippen molar-refractivity contribution in [2.75, 3.05) is 0 Å². The van der Waals surface area contributed by atoms with Gasteiger partial charge in [-0.05, 0) is 6.07 Å². The van der Waals surface area contributed by atoms with Gasteiger partial charge in [-0.3, -0.25) is 4.79 Å². The monoisotopic (exact) mass is 154 g/mol. The molecule has 1 atom stereocenters. The van der Waals surface area contributed by atoms with E-state index in [0.29, 0.717) is 0 Å². The van der Waals surface area contributed by atoms with Crippen molar-refractivity contribution in [2.45, 2.75) is 12.5 Å². The van der Waals surface area contributed by atoms with Gasteiger partial charge < -0.3 is 15.9 Å². The van der Waals surface area contributed by atoms with E-state index in [1.807, 2.05) is 0 Å². The van der Waals surface area contributed by atoms with Gasteiger partial charge in [0, 0.05) is 18.0 Å². The number of hydrogen-bond acceptors (Lipinski definition) is 3. The number of amides is 1. The maximum absolute atomic E-state index is 10.4. The third-order valence-electron chi connectivity index (χ3n) is 1.39. The molecular formula is C7H10N2O2. The largest absolute Gasteiger partial charge is 0.472 e. The first-order valence-corrected chi connectivity index (χ1v) is 3.26. The van der Waals surface area contributed by atoms with Crippen LogP contribution >= 0.6 is 0 Å². The number of primary amides is 1. The fourth-order valence-electron chi connectivity index (χ4n) is 0.821. The van der Waals surface area contributed by atoms with Crippen LogP contribution in [0.1, 0.15) is 18.0 Å². The molecule has 1 rings (SSSR count). The number of carbonyl (C=O) groups is 1. The second-order valence-electron chi connectivity index (χ2n) is 2.33. The topological polar surface area (TPSA) is 82.2 Å². The summed E-state index contributed by atoms with van der Waals surface area (Å²) in [6.07, 6.45) is 3.17. The Balaban J connectivity index is 2.56. The first-order chi connectivity index (χ1) is 5.20. The van der Waals surface area contributed by atoms with Crippen molar-refractivity contribution in [3.05, 3.63) is 24.2 Å². The molecule has 0 bridgehead atoms. The Morgan fingerprint density at radius 1 is 1.73 bits per heavy atom. The van der Waals surface area contributed by atoms with Crippen molar-refractivity contribution in [1.29, 1.82) is 0 Å². The molecule has 0 saturated heterocycles. The molecule has 0 unspecified atom stereocenters. The predicted molar refractivity (Wildman–Crippen MR) is 39.4 cm³/mol. The highest BCUT2D eigenvalue weighted by Gasteiger charge is 2.09. The average molecular weight is 154 g/mol. The third-order valence-corrected chi connectivity index (χ3v) is 1.39. The van der Waals surface area contributed by atoms with Crippen LogP contribution in [-0.2, 0) is 4.79 Å². The zero-order chi connectivity index (χ0) is 8.27. The van der Waals surface area contributed by atoms with E-state index in [1.54, 1.807) is 6.07 Å². The lowest BCUT2D eigenvalue weighted by atomic mass is 10.1. The molecule has 4 heteroatoms. The molecular weight excluding hydrogens is 144 g/mol. The van der Waals surface area contributed by atoms with Crippen LogP contribution in [-0.4, -0.2) is 5.91 Å². The van der Waals surface area contributed by atoms with Crippen LogP contribution in [0.3, 0.4) is 0 Å². The molecule has 1 aromatic heterocycles. The Hall–Kier alpha value is -1.29. The minimum Gasteiger partial charge on any atom is -0.472 e. The molecule has 0 aliphatic rings. The van der Waals surface area contributed by atoms with E-state index in [2.05, 4.69) is 0 Å². The van der Waals surface area contributed by atoms with E-state index < -0.39 is 5.91 Å². The van der Waals surface area contributed by atoms with Gasteiger partial charge in [-0.25, -0.2) is 0 Å². The van der Waals surface area contributed by atoms with Crippen LogP contribution in [0.4, 0.5) is 0 Å². The lowest BCUT2D eigenvalue weighted by molar-refractivity contribution is -0.118. The summed E-state index contributed by atoms with van der Waals surface area (Å²) in [5.74, 6) is -0.404. The molecule has 0 aliphatic heterocycles.